The van der Waals surface area contributed by atoms with Crippen molar-refractivity contribution < 1.29 is 13.2 Å². The van der Waals surface area contributed by atoms with E-state index in [2.05, 4.69) is 5.32 Å². The van der Waals surface area contributed by atoms with Crippen LogP contribution in [0.1, 0.15) is 56.8 Å². The Balaban J connectivity index is 0.00000364. The first-order valence-electron chi connectivity index (χ1n) is 9.41. The number of nitrogens with zero attached hydrogens (tertiary/aromatic N) is 1. The molecule has 8 heteroatoms. The molecular weight excluding hydrogens is 386 g/mol. The van der Waals surface area contributed by atoms with Gasteiger partial charge in [0.1, 0.15) is 0 Å². The molecule has 1 saturated carbocycles. The van der Waals surface area contributed by atoms with Crippen LogP contribution in [0.15, 0.2) is 29.2 Å². The molecule has 1 amide bonds. The number of nitrogens with two attached hydrogens (primary N) is 1. The van der Waals surface area contributed by atoms with Crippen LogP contribution in [0, 0.1) is 5.92 Å². The number of nitrogens with one attached hydrogen (secondary N) is 1. The van der Waals surface area contributed by atoms with Crippen LogP contribution in [0.25, 0.3) is 0 Å². The zero-order valence-corrected chi connectivity index (χ0v) is 18.0. The van der Waals surface area contributed by atoms with Crippen LogP contribution in [0.3, 0.4) is 0 Å². The molecule has 154 valence electrons. The first kappa shape index (κ1) is 23.9. The number of amides is 1. The second-order valence-electron chi connectivity index (χ2n) is 7.28. The number of carbonyl (C=O) groups excluding carboxylic acids is 1. The number of sulfonamides is 1. The highest BCUT2D eigenvalue weighted by atomic mass is 35.5. The minimum Gasteiger partial charge on any atom is -0.345 e. The maximum atomic E-state index is 12.8. The molecule has 1 aromatic rings. The standard InChI is InChI=1S/C19H31N3O3S.ClH/c1-4-12-22(13-5-2)26(24,25)17-10-6-15(7-11-17)18(23)21-19(3,14-20)16-8-9-16;/h6-7,10-11,16H,4-5,8-9,12-14,20H2,1-3H3,(H,21,23);1H. The van der Waals surface area contributed by atoms with E-state index in [1.165, 1.54) is 16.4 Å². The third-order valence-electron chi connectivity index (χ3n) is 5.00. The molecule has 0 radical (unpaired) electrons. The number of carbonyl (C=O) groups is 1. The van der Waals surface area contributed by atoms with Gasteiger partial charge < -0.3 is 11.1 Å². The quantitative estimate of drug-likeness (QED) is 0.612. The molecule has 1 aromatic carbocycles. The van der Waals surface area contributed by atoms with Crippen LogP contribution in [0.4, 0.5) is 0 Å². The Morgan fingerprint density at radius 3 is 2.11 bits per heavy atom. The van der Waals surface area contributed by atoms with E-state index in [-0.39, 0.29) is 23.2 Å². The Morgan fingerprint density at radius 1 is 1.19 bits per heavy atom. The normalized spacial score (nSPS) is 16.5. The Morgan fingerprint density at radius 2 is 1.70 bits per heavy atom. The van der Waals surface area contributed by atoms with E-state index in [4.69, 9.17) is 5.73 Å². The van der Waals surface area contributed by atoms with Gasteiger partial charge in [0.05, 0.1) is 10.4 Å². The topological polar surface area (TPSA) is 92.5 Å². The lowest BCUT2D eigenvalue weighted by molar-refractivity contribution is 0.0897. The van der Waals surface area contributed by atoms with Gasteiger partial charge in [-0.3, -0.25) is 4.79 Å². The molecule has 0 saturated heterocycles. The summed E-state index contributed by atoms with van der Waals surface area (Å²) in [5, 5.41) is 3.02. The molecular formula is C19H32ClN3O3S. The largest absolute Gasteiger partial charge is 0.345 e. The average molecular weight is 418 g/mol. The SMILES string of the molecule is CCCN(CCC)S(=O)(=O)c1ccc(C(=O)NC(C)(CN)C2CC2)cc1.Cl. The zero-order chi connectivity index (χ0) is 19.4. The van der Waals surface area contributed by atoms with Crippen LogP contribution >= 0.6 is 12.4 Å². The predicted molar refractivity (Wildman–Crippen MR) is 111 cm³/mol. The van der Waals surface area contributed by atoms with Gasteiger partial charge >= 0.3 is 0 Å². The van der Waals surface area contributed by atoms with Crippen molar-refractivity contribution in [3.63, 3.8) is 0 Å². The third kappa shape index (κ3) is 5.67. The molecule has 1 fully saturated rings. The molecule has 2 rings (SSSR count). The summed E-state index contributed by atoms with van der Waals surface area (Å²) in [5.74, 6) is 0.209. The van der Waals surface area contributed by atoms with Crippen LogP contribution < -0.4 is 11.1 Å². The molecule has 0 spiro atoms. The Bertz CT molecular complexity index is 714. The zero-order valence-electron chi connectivity index (χ0n) is 16.4. The van der Waals surface area contributed by atoms with Crippen molar-refractivity contribution in [1.82, 2.24) is 9.62 Å². The average Bonchev–Trinajstić information content (AvgIpc) is 3.47. The fourth-order valence-electron chi connectivity index (χ4n) is 3.15. The third-order valence-corrected chi connectivity index (χ3v) is 6.91. The van der Waals surface area contributed by atoms with E-state index in [0.29, 0.717) is 31.1 Å². The van der Waals surface area contributed by atoms with Crippen molar-refractivity contribution in [2.45, 2.75) is 56.9 Å². The van der Waals surface area contributed by atoms with Crippen molar-refractivity contribution in [3.8, 4) is 0 Å². The first-order chi connectivity index (χ1) is 12.3. The molecule has 1 aliphatic carbocycles. The fraction of sp³-hybridized carbons (Fsp3) is 0.632. The highest BCUT2D eigenvalue weighted by Crippen LogP contribution is 2.39. The highest BCUT2D eigenvalue weighted by Gasteiger charge is 2.41. The number of hydrogen-bond acceptors (Lipinski definition) is 4. The minimum absolute atomic E-state index is 0. The van der Waals surface area contributed by atoms with Gasteiger partial charge in [0.25, 0.3) is 5.91 Å². The van der Waals surface area contributed by atoms with E-state index in [0.717, 1.165) is 25.7 Å². The van der Waals surface area contributed by atoms with Crippen LogP contribution in [0.2, 0.25) is 0 Å². The molecule has 1 atom stereocenters. The van der Waals surface area contributed by atoms with Crippen LogP contribution in [0.5, 0.6) is 0 Å². The van der Waals surface area contributed by atoms with Crippen molar-refractivity contribution in [1.29, 1.82) is 0 Å². The summed E-state index contributed by atoms with van der Waals surface area (Å²) in [4.78, 5) is 12.7. The van der Waals surface area contributed by atoms with Gasteiger partial charge in [-0.15, -0.1) is 12.4 Å². The van der Waals surface area contributed by atoms with Crippen molar-refractivity contribution in [2.75, 3.05) is 19.6 Å². The lowest BCUT2D eigenvalue weighted by Crippen LogP contribution is -2.53. The van der Waals surface area contributed by atoms with E-state index in [1.54, 1.807) is 12.1 Å². The van der Waals surface area contributed by atoms with Gasteiger partial charge in [-0.1, -0.05) is 13.8 Å². The van der Waals surface area contributed by atoms with Crippen LogP contribution in [-0.2, 0) is 10.0 Å². The molecule has 0 aliphatic heterocycles. The molecule has 1 unspecified atom stereocenters. The Labute approximate surface area is 169 Å². The van der Waals surface area contributed by atoms with Gasteiger partial charge in [0.15, 0.2) is 0 Å². The van der Waals surface area contributed by atoms with Gasteiger partial charge in [-0.2, -0.15) is 4.31 Å². The fourth-order valence-corrected chi connectivity index (χ4v) is 4.77. The van der Waals surface area contributed by atoms with Gasteiger partial charge in [0.2, 0.25) is 10.0 Å². The summed E-state index contributed by atoms with van der Waals surface area (Å²) in [6.45, 7) is 7.26. The van der Waals surface area contributed by atoms with E-state index >= 15 is 0 Å². The molecule has 0 bridgehead atoms. The Kier molecular flexibility index (Phi) is 8.73. The molecule has 27 heavy (non-hydrogen) atoms. The number of halogens is 1. The maximum Gasteiger partial charge on any atom is 0.251 e. The number of benzene rings is 1. The second-order valence-corrected chi connectivity index (χ2v) is 9.22. The van der Waals surface area contributed by atoms with Crippen molar-refractivity contribution in [3.05, 3.63) is 29.8 Å². The number of rotatable bonds is 10. The summed E-state index contributed by atoms with van der Waals surface area (Å²) in [6, 6.07) is 6.17. The number of hydrogen-bond donors (Lipinski definition) is 2. The molecule has 1 aliphatic rings. The molecule has 6 nitrogen and oxygen atoms in total. The van der Waals surface area contributed by atoms with Crippen molar-refractivity contribution in [2.24, 2.45) is 11.7 Å². The second kappa shape index (κ2) is 9.87. The van der Waals surface area contributed by atoms with E-state index < -0.39 is 15.6 Å². The van der Waals surface area contributed by atoms with Gasteiger partial charge in [0, 0.05) is 25.2 Å². The van der Waals surface area contributed by atoms with E-state index in [9.17, 15) is 13.2 Å². The van der Waals surface area contributed by atoms with Crippen molar-refractivity contribution >= 4 is 28.3 Å². The summed E-state index contributed by atoms with van der Waals surface area (Å²) in [7, 11) is -3.53. The lowest BCUT2D eigenvalue weighted by atomic mass is 9.95. The smallest absolute Gasteiger partial charge is 0.251 e. The predicted octanol–water partition coefficient (Wildman–Crippen LogP) is 2.78. The molecule has 0 heterocycles. The van der Waals surface area contributed by atoms with E-state index in [1.807, 2.05) is 20.8 Å². The minimum atomic E-state index is -3.53. The highest BCUT2D eigenvalue weighted by molar-refractivity contribution is 7.89. The Hall–Kier alpha value is -1.15. The summed E-state index contributed by atoms with van der Waals surface area (Å²) < 4.78 is 27.1. The van der Waals surface area contributed by atoms with Gasteiger partial charge in [-0.05, 0) is 62.8 Å². The van der Waals surface area contributed by atoms with Gasteiger partial charge in [-0.25, -0.2) is 8.42 Å². The maximum absolute atomic E-state index is 12.8. The first-order valence-corrected chi connectivity index (χ1v) is 10.8. The summed E-state index contributed by atoms with van der Waals surface area (Å²) in [5.41, 5.74) is 5.89. The monoisotopic (exact) mass is 417 g/mol. The summed E-state index contributed by atoms with van der Waals surface area (Å²) in [6.07, 6.45) is 3.68. The molecule has 0 aromatic heterocycles. The molecule has 3 N–H and O–H groups in total. The summed E-state index contributed by atoms with van der Waals surface area (Å²) >= 11 is 0. The van der Waals surface area contributed by atoms with Crippen LogP contribution in [-0.4, -0.2) is 43.8 Å². The lowest BCUT2D eigenvalue weighted by Gasteiger charge is -2.29.